The van der Waals surface area contributed by atoms with E-state index >= 15 is 0 Å². The summed E-state index contributed by atoms with van der Waals surface area (Å²) in [5, 5.41) is 11.0. The van der Waals surface area contributed by atoms with Crippen LogP contribution in [0.2, 0.25) is 0 Å². The number of ether oxygens (including phenoxy) is 2. The summed E-state index contributed by atoms with van der Waals surface area (Å²) in [6.07, 6.45) is 2.69. The molecule has 0 aliphatic rings. The molecule has 1 aromatic rings. The first-order valence-electron chi connectivity index (χ1n) is 7.08. The van der Waals surface area contributed by atoms with Crippen molar-refractivity contribution in [3.8, 4) is 5.75 Å². The summed E-state index contributed by atoms with van der Waals surface area (Å²) in [5.41, 5.74) is 0.601. The molecule has 1 rings (SSSR count). The fraction of sp³-hybridized carbons (Fsp3) is 0.533. The number of rotatable bonds is 9. The summed E-state index contributed by atoms with van der Waals surface area (Å²) in [6, 6.07) is 5.02. The van der Waals surface area contributed by atoms with E-state index < -0.39 is 4.92 Å². The van der Waals surface area contributed by atoms with Crippen molar-refractivity contribution in [3.05, 3.63) is 33.9 Å². The number of hydrogen-bond donors (Lipinski definition) is 0. The molecule has 0 radical (unpaired) electrons. The normalized spacial score (nSPS) is 10.2. The van der Waals surface area contributed by atoms with Crippen molar-refractivity contribution in [1.29, 1.82) is 0 Å². The fourth-order valence-electron chi connectivity index (χ4n) is 1.95. The molecule has 1 aromatic carbocycles. The van der Waals surface area contributed by atoms with Crippen molar-refractivity contribution in [1.82, 2.24) is 0 Å². The predicted octanol–water partition coefficient (Wildman–Crippen LogP) is 3.41. The molecule has 0 aliphatic heterocycles. The molecule has 21 heavy (non-hydrogen) atoms. The van der Waals surface area contributed by atoms with Crippen LogP contribution in [0.1, 0.15) is 38.2 Å². The van der Waals surface area contributed by atoms with Crippen LogP contribution in [-0.2, 0) is 9.53 Å². The van der Waals surface area contributed by atoms with Gasteiger partial charge in [-0.1, -0.05) is 12.1 Å². The number of esters is 1. The van der Waals surface area contributed by atoms with Crippen LogP contribution in [0, 0.1) is 17.0 Å². The van der Waals surface area contributed by atoms with E-state index in [2.05, 4.69) is 0 Å². The average Bonchev–Trinajstić information content (AvgIpc) is 2.42. The molecule has 0 fully saturated rings. The standard InChI is InChI=1S/C15H21NO5/c1-3-20-14(17)10-5-4-6-11-21-13-9-7-8-12(2)15(13)16(18)19/h7-9H,3-6,10-11H2,1-2H3. The highest BCUT2D eigenvalue weighted by atomic mass is 16.6. The Kier molecular flexibility index (Phi) is 7.21. The second kappa shape index (κ2) is 8.94. The molecule has 0 bridgehead atoms. The van der Waals surface area contributed by atoms with E-state index in [9.17, 15) is 14.9 Å². The van der Waals surface area contributed by atoms with Gasteiger partial charge < -0.3 is 9.47 Å². The molecule has 0 heterocycles. The molecule has 0 aliphatic carbocycles. The molecule has 0 unspecified atom stereocenters. The minimum atomic E-state index is -0.425. The highest BCUT2D eigenvalue weighted by Crippen LogP contribution is 2.30. The Labute approximate surface area is 124 Å². The Morgan fingerprint density at radius 3 is 2.71 bits per heavy atom. The number of benzene rings is 1. The van der Waals surface area contributed by atoms with Gasteiger partial charge in [0.15, 0.2) is 5.75 Å². The zero-order chi connectivity index (χ0) is 15.7. The van der Waals surface area contributed by atoms with Crippen LogP contribution in [-0.4, -0.2) is 24.1 Å². The number of hydrogen-bond acceptors (Lipinski definition) is 5. The van der Waals surface area contributed by atoms with Gasteiger partial charge in [-0.3, -0.25) is 14.9 Å². The maximum Gasteiger partial charge on any atom is 0.313 e. The van der Waals surface area contributed by atoms with Gasteiger partial charge in [0.2, 0.25) is 0 Å². The van der Waals surface area contributed by atoms with E-state index in [1.165, 1.54) is 0 Å². The lowest BCUT2D eigenvalue weighted by atomic mass is 10.2. The third kappa shape index (κ3) is 5.81. The summed E-state index contributed by atoms with van der Waals surface area (Å²) >= 11 is 0. The highest BCUT2D eigenvalue weighted by Gasteiger charge is 2.17. The van der Waals surface area contributed by atoms with Crippen LogP contribution >= 0.6 is 0 Å². The van der Waals surface area contributed by atoms with Crippen molar-refractivity contribution in [2.24, 2.45) is 0 Å². The van der Waals surface area contributed by atoms with Crippen molar-refractivity contribution < 1.29 is 19.2 Å². The number of carbonyl (C=O) groups is 1. The maximum absolute atomic E-state index is 11.1. The van der Waals surface area contributed by atoms with Gasteiger partial charge in [0.1, 0.15) is 0 Å². The molecule has 0 amide bonds. The number of para-hydroxylation sites is 1. The number of nitro groups is 1. The molecular formula is C15H21NO5. The third-order valence-electron chi connectivity index (χ3n) is 2.97. The van der Waals surface area contributed by atoms with E-state index in [4.69, 9.17) is 9.47 Å². The zero-order valence-electron chi connectivity index (χ0n) is 12.5. The Morgan fingerprint density at radius 2 is 2.05 bits per heavy atom. The second-order valence-electron chi connectivity index (χ2n) is 4.64. The third-order valence-corrected chi connectivity index (χ3v) is 2.97. The molecule has 0 saturated heterocycles. The zero-order valence-corrected chi connectivity index (χ0v) is 12.5. The van der Waals surface area contributed by atoms with Crippen LogP contribution in [0.3, 0.4) is 0 Å². The second-order valence-corrected chi connectivity index (χ2v) is 4.64. The lowest BCUT2D eigenvalue weighted by Crippen LogP contribution is -2.04. The van der Waals surface area contributed by atoms with Crippen molar-refractivity contribution in [2.75, 3.05) is 13.2 Å². The van der Waals surface area contributed by atoms with Crippen LogP contribution in [0.25, 0.3) is 0 Å². The van der Waals surface area contributed by atoms with Crippen LogP contribution in [0.5, 0.6) is 5.75 Å². The van der Waals surface area contributed by atoms with Gasteiger partial charge in [-0.15, -0.1) is 0 Å². The van der Waals surface area contributed by atoms with E-state index in [0.29, 0.717) is 30.9 Å². The van der Waals surface area contributed by atoms with Crippen molar-refractivity contribution in [3.63, 3.8) is 0 Å². The van der Waals surface area contributed by atoms with Crippen LogP contribution in [0.15, 0.2) is 18.2 Å². The smallest absolute Gasteiger partial charge is 0.313 e. The van der Waals surface area contributed by atoms with Gasteiger partial charge in [-0.2, -0.15) is 0 Å². The monoisotopic (exact) mass is 295 g/mol. The number of nitro benzene ring substituents is 1. The minimum Gasteiger partial charge on any atom is -0.487 e. The molecule has 0 spiro atoms. The van der Waals surface area contributed by atoms with Crippen LogP contribution in [0.4, 0.5) is 5.69 Å². The number of aryl methyl sites for hydroxylation is 1. The van der Waals surface area contributed by atoms with Gasteiger partial charge >= 0.3 is 11.7 Å². The summed E-state index contributed by atoms with van der Waals surface area (Å²) < 4.78 is 10.3. The molecule has 0 aromatic heterocycles. The highest BCUT2D eigenvalue weighted by molar-refractivity contribution is 5.69. The van der Waals surface area contributed by atoms with E-state index in [-0.39, 0.29) is 11.7 Å². The number of unbranched alkanes of at least 4 members (excludes halogenated alkanes) is 2. The van der Waals surface area contributed by atoms with E-state index in [1.54, 1.807) is 32.0 Å². The molecule has 0 saturated carbocycles. The molecule has 6 nitrogen and oxygen atoms in total. The molecular weight excluding hydrogens is 274 g/mol. The van der Waals surface area contributed by atoms with E-state index in [0.717, 1.165) is 19.3 Å². The van der Waals surface area contributed by atoms with Gasteiger partial charge in [-0.25, -0.2) is 0 Å². The van der Waals surface area contributed by atoms with Gasteiger partial charge in [0, 0.05) is 12.0 Å². The molecule has 0 atom stereocenters. The Hall–Kier alpha value is -2.11. The molecule has 6 heteroatoms. The first-order valence-corrected chi connectivity index (χ1v) is 7.08. The number of carbonyl (C=O) groups excluding carboxylic acids is 1. The first-order chi connectivity index (χ1) is 10.1. The first kappa shape index (κ1) is 16.9. The Morgan fingerprint density at radius 1 is 1.29 bits per heavy atom. The Bertz CT molecular complexity index is 487. The Balaban J connectivity index is 2.32. The largest absolute Gasteiger partial charge is 0.487 e. The minimum absolute atomic E-state index is 0.0176. The van der Waals surface area contributed by atoms with Gasteiger partial charge in [-0.05, 0) is 39.2 Å². The quantitative estimate of drug-likeness (QED) is 0.302. The number of nitrogens with zero attached hydrogens (tertiary/aromatic N) is 1. The van der Waals surface area contributed by atoms with Crippen molar-refractivity contribution in [2.45, 2.75) is 39.5 Å². The lowest BCUT2D eigenvalue weighted by molar-refractivity contribution is -0.386. The predicted molar refractivity (Wildman–Crippen MR) is 78.4 cm³/mol. The van der Waals surface area contributed by atoms with Crippen LogP contribution < -0.4 is 4.74 Å². The van der Waals surface area contributed by atoms with Gasteiger partial charge in [0.25, 0.3) is 0 Å². The van der Waals surface area contributed by atoms with Crippen molar-refractivity contribution >= 4 is 11.7 Å². The summed E-state index contributed by atoms with van der Waals surface area (Å²) in [7, 11) is 0. The van der Waals surface area contributed by atoms with Gasteiger partial charge in [0.05, 0.1) is 18.1 Å². The topological polar surface area (TPSA) is 78.7 Å². The fourth-order valence-corrected chi connectivity index (χ4v) is 1.95. The summed E-state index contributed by atoms with van der Waals surface area (Å²) in [5.74, 6) is 0.109. The SMILES string of the molecule is CCOC(=O)CCCCCOc1cccc(C)c1[N+](=O)[O-]. The lowest BCUT2D eigenvalue weighted by Gasteiger charge is -2.08. The molecule has 116 valence electrons. The molecule has 0 N–H and O–H groups in total. The maximum atomic E-state index is 11.1. The summed E-state index contributed by atoms with van der Waals surface area (Å²) in [6.45, 7) is 4.26. The average molecular weight is 295 g/mol. The van der Waals surface area contributed by atoms with E-state index in [1.807, 2.05) is 0 Å². The summed E-state index contributed by atoms with van der Waals surface area (Å²) in [4.78, 5) is 21.7.